The number of hydrogen-bond donors (Lipinski definition) is 1. The zero-order valence-electron chi connectivity index (χ0n) is 15.4. The van der Waals surface area contributed by atoms with Gasteiger partial charge in [-0.05, 0) is 62.1 Å². The van der Waals surface area contributed by atoms with Crippen LogP contribution in [0.15, 0.2) is 36.4 Å². The maximum atomic E-state index is 6.19. The van der Waals surface area contributed by atoms with Crippen molar-refractivity contribution < 1.29 is 14.2 Å². The van der Waals surface area contributed by atoms with E-state index in [9.17, 15) is 0 Å². The van der Waals surface area contributed by atoms with Gasteiger partial charge in [-0.3, -0.25) is 0 Å². The predicted molar refractivity (Wildman–Crippen MR) is 106 cm³/mol. The molecule has 1 N–H and O–H groups in total. The van der Waals surface area contributed by atoms with Gasteiger partial charge in [-0.15, -0.1) is 0 Å². The number of halogens is 1. The monoisotopic (exact) mass is 375 g/mol. The number of hydrogen-bond acceptors (Lipinski definition) is 4. The third kappa shape index (κ3) is 5.29. The van der Waals surface area contributed by atoms with Crippen molar-refractivity contribution >= 4 is 17.3 Å². The van der Waals surface area contributed by atoms with Crippen LogP contribution in [-0.4, -0.2) is 32.5 Å². The lowest BCUT2D eigenvalue weighted by Gasteiger charge is -2.13. The van der Waals surface area contributed by atoms with Crippen LogP contribution in [0.4, 0.5) is 5.69 Å². The minimum Gasteiger partial charge on any atom is -0.492 e. The average molecular weight is 376 g/mol. The summed E-state index contributed by atoms with van der Waals surface area (Å²) in [7, 11) is 0. The number of anilines is 1. The molecule has 1 unspecified atom stereocenters. The first-order valence-corrected chi connectivity index (χ1v) is 9.47. The Morgan fingerprint density at radius 3 is 2.65 bits per heavy atom. The van der Waals surface area contributed by atoms with Gasteiger partial charge in [-0.25, -0.2) is 0 Å². The van der Waals surface area contributed by atoms with Crippen molar-refractivity contribution in [1.29, 1.82) is 0 Å². The lowest BCUT2D eigenvalue weighted by atomic mass is 10.1. The molecule has 0 aliphatic carbocycles. The van der Waals surface area contributed by atoms with Gasteiger partial charge >= 0.3 is 0 Å². The van der Waals surface area contributed by atoms with Crippen molar-refractivity contribution in [3.63, 3.8) is 0 Å². The summed E-state index contributed by atoms with van der Waals surface area (Å²) in [5, 5.41) is 4.16. The summed E-state index contributed by atoms with van der Waals surface area (Å²) < 4.78 is 17.2. The van der Waals surface area contributed by atoms with Crippen LogP contribution in [0.1, 0.15) is 24.0 Å². The Labute approximate surface area is 160 Å². The summed E-state index contributed by atoms with van der Waals surface area (Å²) in [4.78, 5) is 0. The molecule has 5 heteroatoms. The SMILES string of the molecule is Cc1cc(OCCNc2cccc(OCC3CCCO3)c2)cc(C)c1Cl. The zero-order chi connectivity index (χ0) is 18.4. The highest BCUT2D eigenvalue weighted by Gasteiger charge is 2.15. The number of ether oxygens (including phenoxy) is 3. The molecular weight excluding hydrogens is 350 g/mol. The first-order chi connectivity index (χ1) is 12.6. The number of nitrogens with one attached hydrogen (secondary N) is 1. The van der Waals surface area contributed by atoms with Crippen molar-refractivity contribution in [2.75, 3.05) is 31.7 Å². The summed E-state index contributed by atoms with van der Waals surface area (Å²) in [6.07, 6.45) is 2.44. The first kappa shape index (κ1) is 18.9. The van der Waals surface area contributed by atoms with Crippen molar-refractivity contribution in [3.8, 4) is 11.5 Å². The highest BCUT2D eigenvalue weighted by atomic mass is 35.5. The van der Waals surface area contributed by atoms with E-state index >= 15 is 0 Å². The molecule has 1 heterocycles. The van der Waals surface area contributed by atoms with Crippen LogP contribution < -0.4 is 14.8 Å². The second kappa shape index (κ2) is 9.15. The van der Waals surface area contributed by atoms with Crippen LogP contribution in [-0.2, 0) is 4.74 Å². The molecule has 0 amide bonds. The van der Waals surface area contributed by atoms with E-state index in [0.717, 1.165) is 52.8 Å². The number of aryl methyl sites for hydroxylation is 2. The Kier molecular flexibility index (Phi) is 6.64. The lowest BCUT2D eigenvalue weighted by Crippen LogP contribution is -2.16. The van der Waals surface area contributed by atoms with Gasteiger partial charge in [-0.2, -0.15) is 0 Å². The van der Waals surface area contributed by atoms with E-state index < -0.39 is 0 Å². The second-order valence-corrected chi connectivity index (χ2v) is 7.00. The molecule has 2 aromatic carbocycles. The van der Waals surface area contributed by atoms with Gasteiger partial charge in [0.15, 0.2) is 0 Å². The largest absolute Gasteiger partial charge is 0.492 e. The average Bonchev–Trinajstić information content (AvgIpc) is 3.15. The first-order valence-electron chi connectivity index (χ1n) is 9.10. The second-order valence-electron chi connectivity index (χ2n) is 6.62. The van der Waals surface area contributed by atoms with E-state index in [2.05, 4.69) is 5.32 Å². The smallest absolute Gasteiger partial charge is 0.121 e. The molecule has 0 bridgehead atoms. The molecule has 1 fully saturated rings. The van der Waals surface area contributed by atoms with E-state index in [4.69, 9.17) is 25.8 Å². The van der Waals surface area contributed by atoms with Crippen LogP contribution >= 0.6 is 11.6 Å². The molecule has 3 rings (SSSR count). The summed E-state index contributed by atoms with van der Waals surface area (Å²) in [5.74, 6) is 1.70. The Hall–Kier alpha value is -1.91. The van der Waals surface area contributed by atoms with Crippen LogP contribution in [0.3, 0.4) is 0 Å². The van der Waals surface area contributed by atoms with E-state index in [1.54, 1.807) is 0 Å². The summed E-state index contributed by atoms with van der Waals surface area (Å²) >= 11 is 6.19. The van der Waals surface area contributed by atoms with Gasteiger partial charge in [0, 0.05) is 29.9 Å². The van der Waals surface area contributed by atoms with Crippen molar-refractivity contribution in [2.45, 2.75) is 32.8 Å². The molecule has 1 aliphatic rings. The topological polar surface area (TPSA) is 39.7 Å². The van der Waals surface area contributed by atoms with Crippen LogP contribution in [0.2, 0.25) is 5.02 Å². The van der Waals surface area contributed by atoms with E-state index in [0.29, 0.717) is 19.8 Å². The van der Waals surface area contributed by atoms with Gasteiger partial charge in [0.1, 0.15) is 24.7 Å². The highest BCUT2D eigenvalue weighted by molar-refractivity contribution is 6.32. The van der Waals surface area contributed by atoms with Crippen molar-refractivity contribution in [1.82, 2.24) is 0 Å². The zero-order valence-corrected chi connectivity index (χ0v) is 16.1. The molecule has 2 aromatic rings. The summed E-state index contributed by atoms with van der Waals surface area (Å²) in [6.45, 7) is 6.71. The lowest BCUT2D eigenvalue weighted by molar-refractivity contribution is 0.0680. The molecular formula is C21H26ClNO3. The number of rotatable bonds is 8. The molecule has 0 spiro atoms. The normalized spacial score (nSPS) is 16.5. The Morgan fingerprint density at radius 1 is 1.12 bits per heavy atom. The Balaban J connectivity index is 1.43. The van der Waals surface area contributed by atoms with Crippen LogP contribution in [0, 0.1) is 13.8 Å². The molecule has 0 aromatic heterocycles. The van der Waals surface area contributed by atoms with Crippen molar-refractivity contribution in [2.24, 2.45) is 0 Å². The van der Waals surface area contributed by atoms with Crippen molar-refractivity contribution in [3.05, 3.63) is 52.5 Å². The van der Waals surface area contributed by atoms with E-state index in [1.165, 1.54) is 0 Å². The molecule has 1 aliphatic heterocycles. The molecule has 26 heavy (non-hydrogen) atoms. The quantitative estimate of drug-likeness (QED) is 0.658. The Bertz CT molecular complexity index is 706. The maximum Gasteiger partial charge on any atom is 0.121 e. The van der Waals surface area contributed by atoms with Gasteiger partial charge in [-0.1, -0.05) is 17.7 Å². The minimum absolute atomic E-state index is 0.228. The van der Waals surface area contributed by atoms with E-state index in [1.807, 2.05) is 50.2 Å². The number of benzene rings is 2. The molecule has 0 saturated carbocycles. The maximum absolute atomic E-state index is 6.19. The van der Waals surface area contributed by atoms with Gasteiger partial charge in [0.25, 0.3) is 0 Å². The third-order valence-corrected chi connectivity index (χ3v) is 5.00. The predicted octanol–water partition coefficient (Wildman–Crippen LogP) is 5.01. The summed E-state index contributed by atoms with van der Waals surface area (Å²) in [6, 6.07) is 11.9. The molecule has 140 valence electrons. The van der Waals surface area contributed by atoms with Gasteiger partial charge in [0.2, 0.25) is 0 Å². The molecule has 1 saturated heterocycles. The highest BCUT2D eigenvalue weighted by Crippen LogP contribution is 2.26. The van der Waals surface area contributed by atoms with Gasteiger partial charge in [0.05, 0.1) is 6.10 Å². The third-order valence-electron chi connectivity index (χ3n) is 4.40. The Morgan fingerprint density at radius 2 is 1.92 bits per heavy atom. The standard InChI is InChI=1S/C21H26ClNO3/c1-15-11-20(12-16(2)21(15)22)25-10-8-23-17-5-3-6-18(13-17)26-14-19-7-4-9-24-19/h3,5-6,11-13,19,23H,4,7-10,14H2,1-2H3. The fourth-order valence-corrected chi connectivity index (χ4v) is 3.12. The van der Waals surface area contributed by atoms with Gasteiger partial charge < -0.3 is 19.5 Å². The summed E-state index contributed by atoms with van der Waals surface area (Å²) in [5.41, 5.74) is 3.08. The fraction of sp³-hybridized carbons (Fsp3) is 0.429. The van der Waals surface area contributed by atoms with Crippen LogP contribution in [0.5, 0.6) is 11.5 Å². The van der Waals surface area contributed by atoms with E-state index in [-0.39, 0.29) is 6.10 Å². The molecule has 1 atom stereocenters. The molecule has 0 radical (unpaired) electrons. The molecule has 4 nitrogen and oxygen atoms in total. The van der Waals surface area contributed by atoms with Crippen LogP contribution in [0.25, 0.3) is 0 Å². The minimum atomic E-state index is 0.228. The fourth-order valence-electron chi connectivity index (χ4n) is 3.01.